The van der Waals surface area contributed by atoms with Crippen molar-refractivity contribution in [3.05, 3.63) is 42.4 Å². The van der Waals surface area contributed by atoms with Gasteiger partial charge in [-0.3, -0.25) is 4.98 Å². The first-order valence-electron chi connectivity index (χ1n) is 4.00. The van der Waals surface area contributed by atoms with Crippen molar-refractivity contribution >= 4 is 0 Å². The molecule has 0 bridgehead atoms. The van der Waals surface area contributed by atoms with Crippen molar-refractivity contribution in [1.82, 2.24) is 4.98 Å². The highest BCUT2D eigenvalue weighted by atomic mass is 16.4. The summed E-state index contributed by atoms with van der Waals surface area (Å²) in [5, 5.41) is 8.79. The molecule has 2 aromatic heterocycles. The second-order valence-corrected chi connectivity index (χ2v) is 2.67. The van der Waals surface area contributed by atoms with Crippen LogP contribution in [0.1, 0.15) is 5.76 Å². The number of aliphatic hydroxyl groups excluding tert-OH is 1. The smallest absolute Gasteiger partial charge is 0.135 e. The Kier molecular flexibility index (Phi) is 2.10. The molecule has 2 aromatic rings. The predicted molar refractivity (Wildman–Crippen MR) is 47.9 cm³/mol. The first-order valence-corrected chi connectivity index (χ1v) is 4.00. The van der Waals surface area contributed by atoms with Crippen LogP contribution in [0.25, 0.3) is 11.3 Å². The van der Waals surface area contributed by atoms with Gasteiger partial charge in [-0.25, -0.2) is 0 Å². The molecule has 0 fully saturated rings. The molecule has 2 rings (SSSR count). The molecule has 0 radical (unpaired) electrons. The second-order valence-electron chi connectivity index (χ2n) is 2.67. The average molecular weight is 175 g/mol. The monoisotopic (exact) mass is 175 g/mol. The van der Waals surface area contributed by atoms with Crippen LogP contribution in [0.2, 0.25) is 0 Å². The standard InChI is InChI=1S/C10H9NO2/c12-7-9-3-4-10(13-9)8-2-1-5-11-6-8/h1-6,12H,7H2. The molecule has 3 nitrogen and oxygen atoms in total. The van der Waals surface area contributed by atoms with Crippen LogP contribution in [0.4, 0.5) is 0 Å². The van der Waals surface area contributed by atoms with E-state index in [4.69, 9.17) is 9.52 Å². The van der Waals surface area contributed by atoms with E-state index in [1.807, 2.05) is 18.2 Å². The highest BCUT2D eigenvalue weighted by Gasteiger charge is 2.02. The van der Waals surface area contributed by atoms with Crippen LogP contribution < -0.4 is 0 Å². The lowest BCUT2D eigenvalue weighted by atomic mass is 10.2. The van der Waals surface area contributed by atoms with E-state index >= 15 is 0 Å². The van der Waals surface area contributed by atoms with Crippen LogP contribution in [0.3, 0.4) is 0 Å². The number of aliphatic hydroxyl groups is 1. The van der Waals surface area contributed by atoms with E-state index in [2.05, 4.69) is 4.98 Å². The summed E-state index contributed by atoms with van der Waals surface area (Å²) >= 11 is 0. The van der Waals surface area contributed by atoms with Gasteiger partial charge in [-0.15, -0.1) is 0 Å². The van der Waals surface area contributed by atoms with E-state index in [0.717, 1.165) is 11.3 Å². The molecule has 0 aromatic carbocycles. The maximum Gasteiger partial charge on any atom is 0.135 e. The van der Waals surface area contributed by atoms with Crippen LogP contribution in [-0.4, -0.2) is 10.1 Å². The zero-order chi connectivity index (χ0) is 9.10. The van der Waals surface area contributed by atoms with Gasteiger partial charge in [-0.1, -0.05) is 0 Å². The van der Waals surface area contributed by atoms with Gasteiger partial charge in [0.1, 0.15) is 18.1 Å². The van der Waals surface area contributed by atoms with Gasteiger partial charge < -0.3 is 9.52 Å². The fourth-order valence-corrected chi connectivity index (χ4v) is 1.13. The van der Waals surface area contributed by atoms with Gasteiger partial charge >= 0.3 is 0 Å². The molecule has 2 heterocycles. The quantitative estimate of drug-likeness (QED) is 0.757. The Morgan fingerprint density at radius 1 is 1.31 bits per heavy atom. The molecule has 66 valence electrons. The molecule has 0 aliphatic heterocycles. The molecule has 0 saturated carbocycles. The number of aromatic nitrogens is 1. The molecule has 0 amide bonds. The zero-order valence-corrected chi connectivity index (χ0v) is 6.97. The molecule has 0 spiro atoms. The average Bonchev–Trinajstić information content (AvgIpc) is 2.67. The van der Waals surface area contributed by atoms with E-state index < -0.39 is 0 Å². The first kappa shape index (κ1) is 8.01. The lowest BCUT2D eigenvalue weighted by Crippen LogP contribution is -1.76. The number of pyridine rings is 1. The van der Waals surface area contributed by atoms with Gasteiger partial charge in [-0.05, 0) is 24.3 Å². The summed E-state index contributed by atoms with van der Waals surface area (Å²) in [4.78, 5) is 3.97. The van der Waals surface area contributed by atoms with E-state index in [1.54, 1.807) is 18.5 Å². The Bertz CT molecular complexity index is 381. The Morgan fingerprint density at radius 3 is 2.85 bits per heavy atom. The summed E-state index contributed by atoms with van der Waals surface area (Å²) in [7, 11) is 0. The molecule has 0 aliphatic rings. The summed E-state index contributed by atoms with van der Waals surface area (Å²) in [5.74, 6) is 1.30. The molecule has 0 atom stereocenters. The maximum atomic E-state index is 8.79. The predicted octanol–water partition coefficient (Wildman–Crippen LogP) is 1.83. The van der Waals surface area contributed by atoms with Crippen LogP contribution in [-0.2, 0) is 6.61 Å². The van der Waals surface area contributed by atoms with Gasteiger partial charge in [0, 0.05) is 18.0 Å². The highest BCUT2D eigenvalue weighted by Crippen LogP contribution is 2.20. The van der Waals surface area contributed by atoms with Gasteiger partial charge in [0.05, 0.1) is 0 Å². The van der Waals surface area contributed by atoms with Gasteiger partial charge in [-0.2, -0.15) is 0 Å². The second kappa shape index (κ2) is 3.41. The van der Waals surface area contributed by atoms with E-state index in [1.165, 1.54) is 0 Å². The van der Waals surface area contributed by atoms with E-state index in [0.29, 0.717) is 5.76 Å². The molecule has 0 unspecified atom stereocenters. The number of hydrogen-bond acceptors (Lipinski definition) is 3. The molecule has 0 aliphatic carbocycles. The van der Waals surface area contributed by atoms with Crippen molar-refractivity contribution in [2.75, 3.05) is 0 Å². The Labute approximate surface area is 75.7 Å². The van der Waals surface area contributed by atoms with E-state index in [9.17, 15) is 0 Å². The van der Waals surface area contributed by atoms with Gasteiger partial charge in [0.2, 0.25) is 0 Å². The Hall–Kier alpha value is -1.61. The number of nitrogens with zero attached hydrogens (tertiary/aromatic N) is 1. The molecule has 13 heavy (non-hydrogen) atoms. The summed E-state index contributed by atoms with van der Waals surface area (Å²) in [6, 6.07) is 7.33. The van der Waals surface area contributed by atoms with Crippen molar-refractivity contribution in [3.8, 4) is 11.3 Å². The van der Waals surface area contributed by atoms with Gasteiger partial charge in [0.25, 0.3) is 0 Å². The third kappa shape index (κ3) is 1.60. The molecule has 1 N–H and O–H groups in total. The van der Waals surface area contributed by atoms with Crippen molar-refractivity contribution in [2.24, 2.45) is 0 Å². The minimum absolute atomic E-state index is 0.0692. The van der Waals surface area contributed by atoms with Crippen LogP contribution >= 0.6 is 0 Å². The fourth-order valence-electron chi connectivity index (χ4n) is 1.13. The topological polar surface area (TPSA) is 46.3 Å². The highest BCUT2D eigenvalue weighted by molar-refractivity contribution is 5.55. The molecule has 3 heteroatoms. The number of rotatable bonds is 2. The summed E-state index contributed by atoms with van der Waals surface area (Å²) in [6.45, 7) is -0.0692. The number of furan rings is 1. The van der Waals surface area contributed by atoms with Crippen molar-refractivity contribution in [2.45, 2.75) is 6.61 Å². The molecule has 0 saturated heterocycles. The summed E-state index contributed by atoms with van der Waals surface area (Å²) < 4.78 is 5.33. The third-order valence-corrected chi connectivity index (χ3v) is 1.76. The number of hydrogen-bond donors (Lipinski definition) is 1. The van der Waals surface area contributed by atoms with E-state index in [-0.39, 0.29) is 6.61 Å². The maximum absolute atomic E-state index is 8.79. The van der Waals surface area contributed by atoms with Crippen LogP contribution in [0, 0.1) is 0 Å². The third-order valence-electron chi connectivity index (χ3n) is 1.76. The van der Waals surface area contributed by atoms with Crippen molar-refractivity contribution in [3.63, 3.8) is 0 Å². The summed E-state index contributed by atoms with van der Waals surface area (Å²) in [5.41, 5.74) is 0.919. The fraction of sp³-hybridized carbons (Fsp3) is 0.100. The largest absolute Gasteiger partial charge is 0.459 e. The first-order chi connectivity index (χ1) is 6.40. The van der Waals surface area contributed by atoms with Crippen molar-refractivity contribution in [1.29, 1.82) is 0 Å². The Balaban J connectivity index is 2.36. The van der Waals surface area contributed by atoms with Crippen LogP contribution in [0.5, 0.6) is 0 Å². The SMILES string of the molecule is OCc1ccc(-c2cccnc2)o1. The van der Waals surface area contributed by atoms with Crippen molar-refractivity contribution < 1.29 is 9.52 Å². The Morgan fingerprint density at radius 2 is 2.23 bits per heavy atom. The lowest BCUT2D eigenvalue weighted by Gasteiger charge is -1.93. The summed E-state index contributed by atoms with van der Waals surface area (Å²) in [6.07, 6.45) is 3.43. The van der Waals surface area contributed by atoms with Gasteiger partial charge in [0.15, 0.2) is 0 Å². The normalized spacial score (nSPS) is 10.2. The molecular weight excluding hydrogens is 166 g/mol. The zero-order valence-electron chi connectivity index (χ0n) is 6.97. The minimum Gasteiger partial charge on any atom is -0.459 e. The lowest BCUT2D eigenvalue weighted by molar-refractivity contribution is 0.248. The van der Waals surface area contributed by atoms with Crippen LogP contribution in [0.15, 0.2) is 41.1 Å². The molecular formula is C10H9NO2. The minimum atomic E-state index is -0.0692.